The first-order chi connectivity index (χ1) is 16.5. The minimum atomic E-state index is -0.430. The Morgan fingerprint density at radius 1 is 1.03 bits per heavy atom. The van der Waals surface area contributed by atoms with E-state index in [1.165, 1.54) is 29.8 Å². The molecule has 0 unspecified atom stereocenters. The highest BCUT2D eigenvalue weighted by molar-refractivity contribution is 6.09. The Morgan fingerprint density at radius 3 is 2.47 bits per heavy atom. The van der Waals surface area contributed by atoms with Crippen LogP contribution in [0.1, 0.15) is 76.0 Å². The third kappa shape index (κ3) is 5.25. The number of hydrazone groups is 1. The van der Waals surface area contributed by atoms with Gasteiger partial charge in [0.2, 0.25) is 0 Å². The van der Waals surface area contributed by atoms with Crippen LogP contribution in [0.3, 0.4) is 0 Å². The van der Waals surface area contributed by atoms with Gasteiger partial charge < -0.3 is 9.73 Å². The summed E-state index contributed by atoms with van der Waals surface area (Å²) in [6.45, 7) is 3.99. The van der Waals surface area contributed by atoms with Crippen molar-refractivity contribution in [3.8, 4) is 0 Å². The first-order valence-electron chi connectivity index (χ1n) is 11.6. The van der Waals surface area contributed by atoms with E-state index in [4.69, 9.17) is 4.42 Å². The standard InChI is InChI=1S/C27H28FN3O3/c1-3-4-6-18-9-15-21(16-10-18)29-27(33)25-17(2)24-22(7-5-8-23(24)34-25)30-31-26(32)19-11-13-20(28)14-12-19/h9-16H,3-8H2,1-2H3,(H,29,33)(H,31,32)/b30-22+. The number of benzene rings is 2. The molecule has 0 atom stereocenters. The zero-order valence-electron chi connectivity index (χ0n) is 19.4. The number of hydrogen-bond donors (Lipinski definition) is 2. The summed E-state index contributed by atoms with van der Waals surface area (Å²) < 4.78 is 19.0. The van der Waals surface area contributed by atoms with Crippen LogP contribution in [-0.2, 0) is 12.8 Å². The Bertz CT molecular complexity index is 1210. The number of amides is 2. The first-order valence-corrected chi connectivity index (χ1v) is 11.6. The number of fused-ring (bicyclic) bond motifs is 1. The fourth-order valence-corrected chi connectivity index (χ4v) is 4.10. The van der Waals surface area contributed by atoms with E-state index in [1.807, 2.05) is 31.2 Å². The van der Waals surface area contributed by atoms with Crippen LogP contribution < -0.4 is 10.7 Å². The second-order valence-electron chi connectivity index (χ2n) is 8.47. The van der Waals surface area contributed by atoms with E-state index in [2.05, 4.69) is 22.8 Å². The van der Waals surface area contributed by atoms with E-state index >= 15 is 0 Å². The molecule has 0 saturated carbocycles. The van der Waals surface area contributed by atoms with Gasteiger partial charge in [0, 0.05) is 28.8 Å². The lowest BCUT2D eigenvalue weighted by Gasteiger charge is -2.13. The summed E-state index contributed by atoms with van der Waals surface area (Å²) in [5.74, 6) is -0.214. The van der Waals surface area contributed by atoms with Gasteiger partial charge in [-0.05, 0) is 74.6 Å². The third-order valence-electron chi connectivity index (χ3n) is 5.96. The van der Waals surface area contributed by atoms with Crippen LogP contribution in [0.2, 0.25) is 0 Å². The molecule has 2 amide bonds. The van der Waals surface area contributed by atoms with E-state index in [0.29, 0.717) is 41.1 Å². The van der Waals surface area contributed by atoms with Crippen LogP contribution in [-0.4, -0.2) is 17.5 Å². The molecule has 4 rings (SSSR count). The summed E-state index contributed by atoms with van der Waals surface area (Å²) in [6, 6.07) is 13.1. The highest BCUT2D eigenvalue weighted by Gasteiger charge is 2.28. The molecule has 1 aliphatic carbocycles. The fraction of sp³-hybridized carbons (Fsp3) is 0.296. The normalized spacial score (nSPS) is 14.0. The van der Waals surface area contributed by atoms with E-state index in [1.54, 1.807) is 0 Å². The van der Waals surface area contributed by atoms with Gasteiger partial charge in [-0.1, -0.05) is 25.5 Å². The molecule has 7 heteroatoms. The molecule has 176 valence electrons. The number of halogens is 1. The van der Waals surface area contributed by atoms with Crippen molar-refractivity contribution in [3.63, 3.8) is 0 Å². The van der Waals surface area contributed by atoms with E-state index in [0.717, 1.165) is 31.2 Å². The SMILES string of the molecule is CCCCc1ccc(NC(=O)c2oc3c(c2C)/C(=N/NC(=O)c2ccc(F)cc2)CCC3)cc1. The van der Waals surface area contributed by atoms with Gasteiger partial charge >= 0.3 is 0 Å². The molecule has 0 bridgehead atoms. The number of rotatable bonds is 7. The van der Waals surface area contributed by atoms with Gasteiger partial charge in [0.05, 0.1) is 5.71 Å². The van der Waals surface area contributed by atoms with Crippen LogP contribution in [0.4, 0.5) is 10.1 Å². The van der Waals surface area contributed by atoms with Crippen LogP contribution in [0.5, 0.6) is 0 Å². The molecule has 0 aliphatic heterocycles. The van der Waals surface area contributed by atoms with Crippen molar-refractivity contribution in [1.82, 2.24) is 5.43 Å². The van der Waals surface area contributed by atoms with Crippen LogP contribution in [0.15, 0.2) is 58.0 Å². The van der Waals surface area contributed by atoms with E-state index in [-0.39, 0.29) is 11.7 Å². The number of aryl methyl sites for hydroxylation is 2. The van der Waals surface area contributed by atoms with Crippen LogP contribution >= 0.6 is 0 Å². The lowest BCUT2D eigenvalue weighted by molar-refractivity contribution is 0.0953. The van der Waals surface area contributed by atoms with Gasteiger partial charge in [0.1, 0.15) is 11.6 Å². The molecule has 1 aromatic heterocycles. The fourth-order valence-electron chi connectivity index (χ4n) is 4.10. The van der Waals surface area contributed by atoms with E-state index < -0.39 is 11.7 Å². The smallest absolute Gasteiger partial charge is 0.291 e. The van der Waals surface area contributed by atoms with Gasteiger partial charge in [-0.2, -0.15) is 5.10 Å². The minimum absolute atomic E-state index is 0.250. The molecule has 0 saturated heterocycles. The molecular formula is C27H28FN3O3. The number of nitrogens with zero attached hydrogens (tertiary/aromatic N) is 1. The Balaban J connectivity index is 1.49. The molecule has 0 fully saturated rings. The van der Waals surface area contributed by atoms with Gasteiger partial charge in [-0.15, -0.1) is 0 Å². The van der Waals surface area contributed by atoms with Crippen molar-refractivity contribution in [2.24, 2.45) is 5.10 Å². The molecule has 34 heavy (non-hydrogen) atoms. The summed E-state index contributed by atoms with van der Waals surface area (Å²) in [5.41, 5.74) is 6.93. The Labute approximate surface area is 198 Å². The minimum Gasteiger partial charge on any atom is -0.455 e. The zero-order chi connectivity index (χ0) is 24.1. The first kappa shape index (κ1) is 23.4. The Hall–Kier alpha value is -3.74. The lowest BCUT2D eigenvalue weighted by Crippen LogP contribution is -2.22. The number of carbonyl (C=O) groups is 2. The second kappa shape index (κ2) is 10.5. The summed E-state index contributed by atoms with van der Waals surface area (Å²) in [6.07, 6.45) is 5.44. The Kier molecular flexibility index (Phi) is 7.21. The molecular weight excluding hydrogens is 433 g/mol. The van der Waals surface area contributed by atoms with Crippen molar-refractivity contribution < 1.29 is 18.4 Å². The largest absolute Gasteiger partial charge is 0.455 e. The lowest BCUT2D eigenvalue weighted by atomic mass is 9.93. The molecule has 6 nitrogen and oxygen atoms in total. The van der Waals surface area contributed by atoms with Gasteiger partial charge in [0.15, 0.2) is 5.76 Å². The maximum Gasteiger partial charge on any atom is 0.291 e. The number of hydrogen-bond acceptors (Lipinski definition) is 4. The monoisotopic (exact) mass is 461 g/mol. The van der Waals surface area contributed by atoms with Crippen LogP contribution in [0.25, 0.3) is 0 Å². The van der Waals surface area contributed by atoms with Crippen molar-refractivity contribution in [2.75, 3.05) is 5.32 Å². The third-order valence-corrected chi connectivity index (χ3v) is 5.96. The van der Waals surface area contributed by atoms with Crippen molar-refractivity contribution >= 4 is 23.2 Å². The van der Waals surface area contributed by atoms with Crippen molar-refractivity contribution in [3.05, 3.63) is 88.1 Å². The maximum absolute atomic E-state index is 13.1. The van der Waals surface area contributed by atoms with Crippen molar-refractivity contribution in [2.45, 2.75) is 52.4 Å². The molecule has 3 aromatic rings. The summed E-state index contributed by atoms with van der Waals surface area (Å²) >= 11 is 0. The summed E-state index contributed by atoms with van der Waals surface area (Å²) in [4.78, 5) is 25.3. The average molecular weight is 462 g/mol. The predicted octanol–water partition coefficient (Wildman–Crippen LogP) is 5.79. The highest BCUT2D eigenvalue weighted by Crippen LogP contribution is 2.30. The average Bonchev–Trinajstić information content (AvgIpc) is 3.19. The molecule has 2 aromatic carbocycles. The van der Waals surface area contributed by atoms with E-state index in [9.17, 15) is 14.0 Å². The highest BCUT2D eigenvalue weighted by atomic mass is 19.1. The summed E-state index contributed by atoms with van der Waals surface area (Å²) in [5, 5.41) is 7.22. The van der Waals surface area contributed by atoms with Gasteiger partial charge in [-0.3, -0.25) is 9.59 Å². The van der Waals surface area contributed by atoms with Crippen molar-refractivity contribution in [1.29, 1.82) is 0 Å². The predicted molar refractivity (Wildman–Crippen MR) is 130 cm³/mol. The molecule has 2 N–H and O–H groups in total. The Morgan fingerprint density at radius 2 is 1.76 bits per heavy atom. The summed E-state index contributed by atoms with van der Waals surface area (Å²) in [7, 11) is 0. The topological polar surface area (TPSA) is 83.7 Å². The number of carbonyl (C=O) groups excluding carboxylic acids is 2. The maximum atomic E-state index is 13.1. The van der Waals surface area contributed by atoms with Gasteiger partial charge in [-0.25, -0.2) is 9.82 Å². The molecule has 1 heterocycles. The van der Waals surface area contributed by atoms with Crippen LogP contribution in [0, 0.1) is 12.7 Å². The second-order valence-corrected chi connectivity index (χ2v) is 8.47. The quantitative estimate of drug-likeness (QED) is 0.437. The number of unbranched alkanes of at least 4 members (excludes halogenated alkanes) is 1. The molecule has 0 spiro atoms. The number of anilines is 1. The number of furan rings is 1. The van der Waals surface area contributed by atoms with Gasteiger partial charge in [0.25, 0.3) is 11.8 Å². The molecule has 1 aliphatic rings. The molecule has 0 radical (unpaired) electrons. The zero-order valence-corrected chi connectivity index (χ0v) is 19.4. The number of nitrogens with one attached hydrogen (secondary N) is 2.